The molecular formula is C20H18BrN5O5. The van der Waals surface area contributed by atoms with Gasteiger partial charge in [0.25, 0.3) is 5.91 Å². The molecule has 1 N–H and O–H groups in total. The number of hydrogen-bond donors (Lipinski definition) is 1. The first kappa shape index (κ1) is 22.0. The number of ether oxygens (including phenoxy) is 2. The number of hydrogen-bond acceptors (Lipinski definition) is 7. The summed E-state index contributed by atoms with van der Waals surface area (Å²) in [6, 6.07) is 13.2. The van der Waals surface area contributed by atoms with Crippen LogP contribution in [0, 0.1) is 10.1 Å². The molecule has 0 fully saturated rings. The van der Waals surface area contributed by atoms with Crippen LogP contribution in [-0.2, 0) is 17.9 Å². The molecule has 1 amide bonds. The van der Waals surface area contributed by atoms with Crippen LogP contribution in [0.2, 0.25) is 0 Å². The van der Waals surface area contributed by atoms with Gasteiger partial charge < -0.3 is 9.47 Å². The molecule has 0 atom stereocenters. The Labute approximate surface area is 185 Å². The van der Waals surface area contributed by atoms with E-state index in [1.54, 1.807) is 12.1 Å². The molecule has 1 aromatic heterocycles. The molecule has 10 nitrogen and oxygen atoms in total. The molecule has 2 aromatic carbocycles. The normalized spacial score (nSPS) is 10.8. The third-order valence-corrected chi connectivity index (χ3v) is 4.61. The number of benzene rings is 2. The lowest BCUT2D eigenvalue weighted by atomic mass is 10.2. The van der Waals surface area contributed by atoms with Crippen LogP contribution in [0.4, 0.5) is 5.69 Å². The molecule has 0 unspecified atom stereocenters. The van der Waals surface area contributed by atoms with Crippen LogP contribution in [0.25, 0.3) is 0 Å². The molecule has 31 heavy (non-hydrogen) atoms. The monoisotopic (exact) mass is 487 g/mol. The van der Waals surface area contributed by atoms with Gasteiger partial charge in [-0.2, -0.15) is 10.2 Å². The SMILES string of the molecule is COc1cc(/C=N/NC(=O)Cn2cc([N+](=O)[O-])cn2)cc(Br)c1OCc1ccccc1. The molecule has 0 aliphatic rings. The molecule has 0 saturated heterocycles. The van der Waals surface area contributed by atoms with E-state index in [1.807, 2.05) is 30.3 Å². The summed E-state index contributed by atoms with van der Waals surface area (Å²) in [5.74, 6) is 0.567. The van der Waals surface area contributed by atoms with E-state index < -0.39 is 10.8 Å². The van der Waals surface area contributed by atoms with Gasteiger partial charge in [-0.25, -0.2) is 5.43 Å². The molecule has 0 bridgehead atoms. The summed E-state index contributed by atoms with van der Waals surface area (Å²) in [6.45, 7) is 0.176. The minimum absolute atomic E-state index is 0.192. The highest BCUT2D eigenvalue weighted by molar-refractivity contribution is 9.10. The summed E-state index contributed by atoms with van der Waals surface area (Å²) >= 11 is 3.47. The van der Waals surface area contributed by atoms with Crippen molar-refractivity contribution in [2.75, 3.05) is 7.11 Å². The highest BCUT2D eigenvalue weighted by Gasteiger charge is 2.12. The largest absolute Gasteiger partial charge is 0.493 e. The number of methoxy groups -OCH3 is 1. The maximum atomic E-state index is 11.9. The quantitative estimate of drug-likeness (QED) is 0.280. The lowest BCUT2D eigenvalue weighted by Gasteiger charge is -2.13. The smallest absolute Gasteiger partial charge is 0.307 e. The van der Waals surface area contributed by atoms with E-state index in [-0.39, 0.29) is 12.2 Å². The molecular weight excluding hydrogens is 470 g/mol. The van der Waals surface area contributed by atoms with Crippen molar-refractivity contribution in [2.24, 2.45) is 5.10 Å². The van der Waals surface area contributed by atoms with Crippen molar-refractivity contribution >= 4 is 33.7 Å². The number of nitrogens with zero attached hydrogens (tertiary/aromatic N) is 4. The fourth-order valence-corrected chi connectivity index (χ4v) is 3.15. The Kier molecular flexibility index (Phi) is 7.33. The fourth-order valence-electron chi connectivity index (χ4n) is 2.58. The first-order chi connectivity index (χ1) is 15.0. The first-order valence-electron chi connectivity index (χ1n) is 8.99. The van der Waals surface area contributed by atoms with E-state index in [0.717, 1.165) is 16.4 Å². The lowest BCUT2D eigenvalue weighted by Crippen LogP contribution is -2.23. The summed E-state index contributed by atoms with van der Waals surface area (Å²) in [7, 11) is 1.53. The van der Waals surface area contributed by atoms with Crippen molar-refractivity contribution < 1.29 is 19.2 Å². The molecule has 0 aliphatic heterocycles. The maximum absolute atomic E-state index is 11.9. The van der Waals surface area contributed by atoms with E-state index >= 15 is 0 Å². The lowest BCUT2D eigenvalue weighted by molar-refractivity contribution is -0.385. The average Bonchev–Trinajstić information content (AvgIpc) is 3.22. The van der Waals surface area contributed by atoms with Crippen LogP contribution in [-0.4, -0.2) is 33.9 Å². The van der Waals surface area contributed by atoms with E-state index in [2.05, 4.69) is 31.6 Å². The number of amides is 1. The van der Waals surface area contributed by atoms with Crippen molar-refractivity contribution in [3.05, 3.63) is 80.6 Å². The van der Waals surface area contributed by atoms with Gasteiger partial charge in [-0.1, -0.05) is 30.3 Å². The fraction of sp³-hybridized carbons (Fsp3) is 0.150. The summed E-state index contributed by atoms with van der Waals surface area (Å²) in [5.41, 5.74) is 3.84. The number of nitrogens with one attached hydrogen (secondary N) is 1. The van der Waals surface area contributed by atoms with Crippen molar-refractivity contribution in [1.29, 1.82) is 0 Å². The zero-order chi connectivity index (χ0) is 22.2. The van der Waals surface area contributed by atoms with E-state index in [4.69, 9.17) is 9.47 Å². The van der Waals surface area contributed by atoms with Crippen LogP contribution in [0.15, 0.2) is 64.4 Å². The van der Waals surface area contributed by atoms with Gasteiger partial charge in [-0.05, 0) is 39.2 Å². The molecule has 0 spiro atoms. The Morgan fingerprint density at radius 2 is 2.13 bits per heavy atom. The Balaban J connectivity index is 1.61. The van der Waals surface area contributed by atoms with Crippen LogP contribution < -0.4 is 14.9 Å². The highest BCUT2D eigenvalue weighted by Crippen LogP contribution is 2.36. The molecule has 0 aliphatic carbocycles. The molecule has 11 heteroatoms. The number of halogens is 1. The minimum Gasteiger partial charge on any atom is -0.493 e. The Hall–Kier alpha value is -3.73. The van der Waals surface area contributed by atoms with Crippen molar-refractivity contribution in [3.63, 3.8) is 0 Å². The van der Waals surface area contributed by atoms with Gasteiger partial charge in [0.2, 0.25) is 0 Å². The number of carbonyl (C=O) groups excluding carboxylic acids is 1. The summed E-state index contributed by atoms with van der Waals surface area (Å²) in [4.78, 5) is 22.0. The summed E-state index contributed by atoms with van der Waals surface area (Å²) in [6.07, 6.45) is 3.68. The summed E-state index contributed by atoms with van der Waals surface area (Å²) in [5, 5.41) is 18.3. The Morgan fingerprint density at radius 3 is 2.81 bits per heavy atom. The van der Waals surface area contributed by atoms with Crippen molar-refractivity contribution in [3.8, 4) is 11.5 Å². The van der Waals surface area contributed by atoms with Gasteiger partial charge in [-0.15, -0.1) is 0 Å². The molecule has 3 rings (SSSR count). The van der Waals surface area contributed by atoms with Crippen molar-refractivity contribution in [2.45, 2.75) is 13.2 Å². The number of nitro groups is 1. The highest BCUT2D eigenvalue weighted by atomic mass is 79.9. The van der Waals surface area contributed by atoms with Gasteiger partial charge in [0.15, 0.2) is 11.5 Å². The van der Waals surface area contributed by atoms with E-state index in [9.17, 15) is 14.9 Å². The van der Waals surface area contributed by atoms with E-state index in [0.29, 0.717) is 28.1 Å². The van der Waals surface area contributed by atoms with Gasteiger partial charge in [0.1, 0.15) is 25.5 Å². The van der Waals surface area contributed by atoms with Gasteiger partial charge in [-0.3, -0.25) is 19.6 Å². The second kappa shape index (κ2) is 10.3. The third kappa shape index (κ3) is 6.12. The van der Waals surface area contributed by atoms with E-state index in [1.165, 1.54) is 19.5 Å². The average molecular weight is 488 g/mol. The van der Waals surface area contributed by atoms with Crippen LogP contribution in [0.1, 0.15) is 11.1 Å². The van der Waals surface area contributed by atoms with Crippen molar-refractivity contribution in [1.82, 2.24) is 15.2 Å². The summed E-state index contributed by atoms with van der Waals surface area (Å²) < 4.78 is 13.1. The first-order valence-corrected chi connectivity index (χ1v) is 9.78. The zero-order valence-corrected chi connectivity index (χ0v) is 18.0. The number of carbonyl (C=O) groups is 1. The Morgan fingerprint density at radius 1 is 1.35 bits per heavy atom. The standard InChI is InChI=1S/C20H18BrN5O5/c1-30-18-8-15(7-17(21)20(18)31-13-14-5-3-2-4-6-14)9-22-24-19(27)12-25-11-16(10-23-25)26(28)29/h2-11H,12-13H2,1H3,(H,24,27)/b22-9+. The van der Waals surface area contributed by atoms with Crippen LogP contribution in [0.5, 0.6) is 11.5 Å². The molecule has 0 radical (unpaired) electrons. The second-order valence-corrected chi connectivity index (χ2v) is 7.11. The third-order valence-electron chi connectivity index (χ3n) is 4.02. The minimum atomic E-state index is -0.585. The Bertz CT molecular complexity index is 1100. The molecule has 0 saturated carbocycles. The maximum Gasteiger partial charge on any atom is 0.307 e. The van der Waals surface area contributed by atoms with Gasteiger partial charge in [0, 0.05) is 0 Å². The topological polar surface area (TPSA) is 121 Å². The molecule has 160 valence electrons. The molecule has 1 heterocycles. The number of rotatable bonds is 9. The molecule has 3 aromatic rings. The van der Waals surface area contributed by atoms with Crippen LogP contribution in [0.3, 0.4) is 0 Å². The van der Waals surface area contributed by atoms with Gasteiger partial charge >= 0.3 is 5.69 Å². The zero-order valence-electron chi connectivity index (χ0n) is 16.4. The second-order valence-electron chi connectivity index (χ2n) is 6.25. The van der Waals surface area contributed by atoms with Gasteiger partial charge in [0.05, 0.1) is 22.7 Å². The number of aromatic nitrogens is 2. The van der Waals surface area contributed by atoms with Crippen LogP contribution >= 0.6 is 15.9 Å². The predicted molar refractivity (Wildman–Crippen MR) is 116 cm³/mol. The number of hydrazone groups is 1. The predicted octanol–water partition coefficient (Wildman–Crippen LogP) is 3.29.